The Morgan fingerprint density at radius 2 is 2.24 bits per heavy atom. The van der Waals surface area contributed by atoms with Gasteiger partial charge in [-0.2, -0.15) is 0 Å². The van der Waals surface area contributed by atoms with Crippen LogP contribution in [0.15, 0.2) is 41.0 Å². The van der Waals surface area contributed by atoms with Gasteiger partial charge in [-0.15, -0.1) is 0 Å². The molecule has 2 aromatic rings. The molecule has 17 heavy (non-hydrogen) atoms. The molecule has 0 saturated carbocycles. The van der Waals surface area contributed by atoms with Crippen LogP contribution >= 0.6 is 0 Å². The molecular formula is C13H12N2O2. The molecule has 0 aliphatic carbocycles. The smallest absolute Gasteiger partial charge is 0.321 e. The van der Waals surface area contributed by atoms with Crippen LogP contribution in [0.4, 0.5) is 10.5 Å². The Morgan fingerprint density at radius 3 is 3.00 bits per heavy atom. The molecule has 0 fully saturated rings. The number of amides is 2. The molecule has 0 unspecified atom stereocenters. The molecular weight excluding hydrogens is 216 g/mol. The lowest BCUT2D eigenvalue weighted by atomic mass is 10.0. The number of urea groups is 1. The van der Waals surface area contributed by atoms with Gasteiger partial charge >= 0.3 is 6.03 Å². The van der Waals surface area contributed by atoms with Gasteiger partial charge in [0.1, 0.15) is 5.76 Å². The van der Waals surface area contributed by atoms with Gasteiger partial charge in [0.25, 0.3) is 0 Å². The SMILES string of the molecule is CN1C(=O)NCc2cc(-c3ccco3)ccc21. The normalized spacial score (nSPS) is 14.4. The first kappa shape index (κ1) is 9.96. The van der Waals surface area contributed by atoms with Gasteiger partial charge in [0.2, 0.25) is 0 Å². The van der Waals surface area contributed by atoms with Crippen molar-refractivity contribution in [3.8, 4) is 11.3 Å². The first-order chi connectivity index (χ1) is 8.25. The highest BCUT2D eigenvalue weighted by molar-refractivity contribution is 5.94. The average Bonchev–Trinajstić information content (AvgIpc) is 2.87. The number of carbonyl (C=O) groups is 1. The summed E-state index contributed by atoms with van der Waals surface area (Å²) in [7, 11) is 1.76. The van der Waals surface area contributed by atoms with Crippen LogP contribution in [0.25, 0.3) is 11.3 Å². The summed E-state index contributed by atoms with van der Waals surface area (Å²) in [4.78, 5) is 13.1. The number of nitrogens with zero attached hydrogens (tertiary/aromatic N) is 1. The predicted octanol–water partition coefficient (Wildman–Crippen LogP) is 2.61. The predicted molar refractivity (Wildman–Crippen MR) is 64.8 cm³/mol. The summed E-state index contributed by atoms with van der Waals surface area (Å²) in [6.45, 7) is 0.563. The van der Waals surface area contributed by atoms with Crippen LogP contribution in [0, 0.1) is 0 Å². The summed E-state index contributed by atoms with van der Waals surface area (Å²) in [5, 5.41) is 2.82. The van der Waals surface area contributed by atoms with Crippen molar-refractivity contribution < 1.29 is 9.21 Å². The van der Waals surface area contributed by atoms with Crippen molar-refractivity contribution in [2.75, 3.05) is 11.9 Å². The minimum atomic E-state index is -0.0664. The van der Waals surface area contributed by atoms with Crippen molar-refractivity contribution in [1.82, 2.24) is 5.32 Å². The van der Waals surface area contributed by atoms with E-state index in [1.54, 1.807) is 18.2 Å². The third-order valence-corrected chi connectivity index (χ3v) is 2.98. The van der Waals surface area contributed by atoms with Crippen molar-refractivity contribution in [2.24, 2.45) is 0 Å². The van der Waals surface area contributed by atoms with Crippen molar-refractivity contribution in [2.45, 2.75) is 6.54 Å². The number of hydrogen-bond donors (Lipinski definition) is 1. The fraction of sp³-hybridized carbons (Fsp3) is 0.154. The second-order valence-corrected chi connectivity index (χ2v) is 4.04. The maximum Gasteiger partial charge on any atom is 0.321 e. The maximum atomic E-state index is 11.5. The zero-order chi connectivity index (χ0) is 11.8. The molecule has 0 radical (unpaired) electrons. The summed E-state index contributed by atoms with van der Waals surface area (Å²) < 4.78 is 5.36. The van der Waals surface area contributed by atoms with Gasteiger partial charge in [0, 0.05) is 19.2 Å². The van der Waals surface area contributed by atoms with Crippen LogP contribution in [0.5, 0.6) is 0 Å². The third-order valence-electron chi connectivity index (χ3n) is 2.98. The molecule has 1 N–H and O–H groups in total. The summed E-state index contributed by atoms with van der Waals surface area (Å²) in [5.41, 5.74) is 3.07. The highest BCUT2D eigenvalue weighted by atomic mass is 16.3. The second-order valence-electron chi connectivity index (χ2n) is 4.04. The Kier molecular flexibility index (Phi) is 2.14. The number of carbonyl (C=O) groups excluding carboxylic acids is 1. The number of hydrogen-bond acceptors (Lipinski definition) is 2. The van der Waals surface area contributed by atoms with E-state index in [-0.39, 0.29) is 6.03 Å². The van der Waals surface area contributed by atoms with Crippen molar-refractivity contribution in [3.05, 3.63) is 42.2 Å². The highest BCUT2D eigenvalue weighted by Crippen LogP contribution is 2.29. The van der Waals surface area contributed by atoms with Crippen molar-refractivity contribution >= 4 is 11.7 Å². The van der Waals surface area contributed by atoms with Gasteiger partial charge in [-0.1, -0.05) is 0 Å². The van der Waals surface area contributed by atoms with Crippen LogP contribution in [0.3, 0.4) is 0 Å². The van der Waals surface area contributed by atoms with Gasteiger partial charge in [-0.3, -0.25) is 4.90 Å². The number of furan rings is 1. The molecule has 4 nitrogen and oxygen atoms in total. The molecule has 0 bridgehead atoms. The lowest BCUT2D eigenvalue weighted by Gasteiger charge is -2.26. The zero-order valence-electron chi connectivity index (χ0n) is 9.43. The molecule has 2 amide bonds. The van der Waals surface area contributed by atoms with Crippen LogP contribution in [0.2, 0.25) is 0 Å². The van der Waals surface area contributed by atoms with E-state index in [9.17, 15) is 4.79 Å². The second kappa shape index (κ2) is 3.66. The molecule has 86 valence electrons. The van der Waals surface area contributed by atoms with Gasteiger partial charge in [0.15, 0.2) is 0 Å². The Bertz CT molecular complexity index is 561. The average molecular weight is 228 g/mol. The largest absolute Gasteiger partial charge is 0.464 e. The van der Waals surface area contributed by atoms with E-state index < -0.39 is 0 Å². The number of benzene rings is 1. The number of fused-ring (bicyclic) bond motifs is 1. The van der Waals surface area contributed by atoms with E-state index in [1.807, 2.05) is 30.3 Å². The quantitative estimate of drug-likeness (QED) is 0.815. The number of nitrogens with one attached hydrogen (secondary N) is 1. The minimum absolute atomic E-state index is 0.0664. The lowest BCUT2D eigenvalue weighted by molar-refractivity contribution is 0.246. The van der Waals surface area contributed by atoms with Gasteiger partial charge < -0.3 is 9.73 Å². The van der Waals surface area contributed by atoms with E-state index >= 15 is 0 Å². The van der Waals surface area contributed by atoms with Gasteiger partial charge in [0.05, 0.1) is 12.0 Å². The highest BCUT2D eigenvalue weighted by Gasteiger charge is 2.20. The molecule has 1 aliphatic rings. The topological polar surface area (TPSA) is 45.5 Å². The molecule has 1 aromatic carbocycles. The zero-order valence-corrected chi connectivity index (χ0v) is 9.43. The molecule has 0 spiro atoms. The summed E-state index contributed by atoms with van der Waals surface area (Å²) in [6.07, 6.45) is 1.66. The molecule has 1 aliphatic heterocycles. The van der Waals surface area contributed by atoms with Crippen molar-refractivity contribution in [3.63, 3.8) is 0 Å². The summed E-state index contributed by atoms with van der Waals surface area (Å²) >= 11 is 0. The first-order valence-electron chi connectivity index (χ1n) is 5.44. The summed E-state index contributed by atoms with van der Waals surface area (Å²) in [5.74, 6) is 0.840. The Morgan fingerprint density at radius 1 is 1.35 bits per heavy atom. The van der Waals surface area contributed by atoms with E-state index in [0.29, 0.717) is 6.54 Å². The summed E-state index contributed by atoms with van der Waals surface area (Å²) in [6, 6.07) is 9.68. The molecule has 1 aromatic heterocycles. The van der Waals surface area contributed by atoms with Crippen LogP contribution in [-0.2, 0) is 6.54 Å². The molecule has 0 atom stereocenters. The van der Waals surface area contributed by atoms with Gasteiger partial charge in [-0.05, 0) is 35.9 Å². The molecule has 4 heteroatoms. The Balaban J connectivity index is 2.06. The number of rotatable bonds is 1. The fourth-order valence-electron chi connectivity index (χ4n) is 2.05. The van der Waals surface area contributed by atoms with E-state index in [2.05, 4.69) is 5.32 Å². The van der Waals surface area contributed by atoms with E-state index in [1.165, 1.54) is 0 Å². The van der Waals surface area contributed by atoms with Gasteiger partial charge in [-0.25, -0.2) is 4.79 Å². The standard InChI is InChI=1S/C13H12N2O2/c1-15-11-5-4-9(12-3-2-6-17-12)7-10(11)8-14-13(15)16/h2-7H,8H2,1H3,(H,14,16). The Labute approximate surface area is 98.8 Å². The monoisotopic (exact) mass is 228 g/mol. The van der Waals surface area contributed by atoms with Crippen LogP contribution in [-0.4, -0.2) is 13.1 Å². The third kappa shape index (κ3) is 1.58. The van der Waals surface area contributed by atoms with Crippen LogP contribution in [0.1, 0.15) is 5.56 Å². The van der Waals surface area contributed by atoms with E-state index in [4.69, 9.17) is 4.42 Å². The minimum Gasteiger partial charge on any atom is -0.464 e. The Hall–Kier alpha value is -2.23. The maximum absolute atomic E-state index is 11.5. The van der Waals surface area contributed by atoms with Crippen molar-refractivity contribution in [1.29, 1.82) is 0 Å². The molecule has 2 heterocycles. The van der Waals surface area contributed by atoms with Crippen LogP contribution < -0.4 is 10.2 Å². The number of anilines is 1. The fourth-order valence-corrected chi connectivity index (χ4v) is 2.05. The van der Waals surface area contributed by atoms with E-state index in [0.717, 1.165) is 22.6 Å². The molecule has 0 saturated heterocycles. The molecule has 3 rings (SSSR count). The first-order valence-corrected chi connectivity index (χ1v) is 5.44. The lowest BCUT2D eigenvalue weighted by Crippen LogP contribution is -2.41.